The summed E-state index contributed by atoms with van der Waals surface area (Å²) < 4.78 is 31.4. The molecule has 8 rings (SSSR count). The molecule has 12 heteroatoms. The van der Waals surface area contributed by atoms with E-state index in [4.69, 9.17) is 23.7 Å². The molecular formula is C37H50N2O10. The highest BCUT2D eigenvalue weighted by Gasteiger charge is 2.91. The lowest BCUT2D eigenvalue weighted by Crippen LogP contribution is -2.82. The molecule has 268 valence electrons. The number of anilines is 1. The Balaban J connectivity index is 1.23. The van der Waals surface area contributed by atoms with Crippen LogP contribution in [0.15, 0.2) is 24.3 Å². The number of aliphatic hydroxyl groups is 2. The Kier molecular flexibility index (Phi) is 7.75. The number of rotatable bonds is 9. The van der Waals surface area contributed by atoms with E-state index >= 15 is 0 Å². The number of benzene rings is 1. The monoisotopic (exact) mass is 682 g/mol. The Hall–Kier alpha value is -2.45. The first-order chi connectivity index (χ1) is 23.4. The van der Waals surface area contributed by atoms with Gasteiger partial charge >= 0.3 is 5.97 Å². The molecule has 4 unspecified atom stereocenters. The summed E-state index contributed by atoms with van der Waals surface area (Å²) in [7, 11) is 6.70. The molecule has 2 amide bonds. The molecule has 7 aliphatic rings. The summed E-state index contributed by atoms with van der Waals surface area (Å²) in [6.07, 6.45) is 0.813. The lowest BCUT2D eigenvalue weighted by atomic mass is 9.42. The van der Waals surface area contributed by atoms with Gasteiger partial charge in [0.05, 0.1) is 48.3 Å². The highest BCUT2D eigenvalue weighted by atomic mass is 16.5. The third-order valence-corrected chi connectivity index (χ3v) is 14.5. The quantitative estimate of drug-likeness (QED) is 0.292. The lowest BCUT2D eigenvalue weighted by Gasteiger charge is -2.70. The van der Waals surface area contributed by atoms with Gasteiger partial charge in [-0.3, -0.25) is 14.5 Å². The number of hydrogen-bond donors (Lipinski definition) is 2. The highest BCUT2D eigenvalue weighted by molar-refractivity contribution is 6.22. The van der Waals surface area contributed by atoms with Crippen molar-refractivity contribution in [2.45, 2.75) is 87.6 Å². The van der Waals surface area contributed by atoms with Gasteiger partial charge in [0.2, 0.25) is 11.8 Å². The molecule has 2 N–H and O–H groups in total. The van der Waals surface area contributed by atoms with E-state index in [0.29, 0.717) is 25.9 Å². The number of imide groups is 1. The number of likely N-dealkylation sites (N-methyl/N-ethyl adjacent to an activating group) is 1. The molecule has 2 aliphatic heterocycles. The van der Waals surface area contributed by atoms with Crippen LogP contribution in [-0.4, -0.2) is 123 Å². The Labute approximate surface area is 287 Å². The van der Waals surface area contributed by atoms with Gasteiger partial charge in [-0.25, -0.2) is 9.69 Å². The van der Waals surface area contributed by atoms with Crippen molar-refractivity contribution in [2.75, 3.05) is 53.0 Å². The fourth-order valence-electron chi connectivity index (χ4n) is 13.2. The summed E-state index contributed by atoms with van der Waals surface area (Å²) in [4.78, 5) is 43.3. The van der Waals surface area contributed by atoms with Crippen molar-refractivity contribution in [1.82, 2.24) is 4.90 Å². The van der Waals surface area contributed by atoms with Gasteiger partial charge in [0.1, 0.15) is 11.2 Å². The zero-order chi connectivity index (χ0) is 34.8. The SMILES string of the molecule is CCN1C[C@]2(COC(=O)c3ccccc3N3C(=O)CC(C)C3=O)CCC(OC)C34[C@@H]5C[C@@H]6C(OC)[C@@H]5[C@](O)(C[C@@H]6OC)[C@@](O)([C@H]13)[C@@H](OC)[C@@H]42. The summed E-state index contributed by atoms with van der Waals surface area (Å²) in [5, 5.41) is 26.6. The first-order valence-electron chi connectivity index (χ1n) is 17.9. The maximum absolute atomic E-state index is 14.1. The van der Waals surface area contributed by atoms with Crippen molar-refractivity contribution < 1.29 is 48.3 Å². The number of hydrogen-bond acceptors (Lipinski definition) is 11. The molecule has 2 saturated heterocycles. The molecule has 5 saturated carbocycles. The summed E-state index contributed by atoms with van der Waals surface area (Å²) in [6.45, 7) is 4.95. The van der Waals surface area contributed by atoms with Gasteiger partial charge < -0.3 is 33.9 Å². The van der Waals surface area contributed by atoms with Gasteiger partial charge in [-0.1, -0.05) is 26.0 Å². The first-order valence-corrected chi connectivity index (χ1v) is 17.9. The third kappa shape index (κ3) is 3.86. The number of fused-ring (bicyclic) bond motifs is 2. The summed E-state index contributed by atoms with van der Waals surface area (Å²) in [5.74, 6) is -2.47. The second-order valence-electron chi connectivity index (χ2n) is 16.0. The van der Waals surface area contributed by atoms with Gasteiger partial charge in [-0.15, -0.1) is 0 Å². The van der Waals surface area contributed by atoms with Crippen molar-refractivity contribution in [3.63, 3.8) is 0 Å². The van der Waals surface area contributed by atoms with E-state index < -0.39 is 46.1 Å². The van der Waals surface area contributed by atoms with Gasteiger partial charge in [-0.2, -0.15) is 0 Å². The van der Waals surface area contributed by atoms with E-state index in [1.54, 1.807) is 59.6 Å². The molecule has 14 atom stereocenters. The number of carbonyl (C=O) groups is 3. The number of nitrogens with zero attached hydrogens (tertiary/aromatic N) is 2. The predicted molar refractivity (Wildman–Crippen MR) is 174 cm³/mol. The largest absolute Gasteiger partial charge is 0.461 e. The van der Waals surface area contributed by atoms with Crippen molar-refractivity contribution in [1.29, 1.82) is 0 Å². The molecule has 5 aliphatic carbocycles. The maximum atomic E-state index is 14.1. The van der Waals surface area contributed by atoms with Crippen LogP contribution in [0.25, 0.3) is 0 Å². The molecule has 49 heavy (non-hydrogen) atoms. The van der Waals surface area contributed by atoms with Crippen molar-refractivity contribution in [2.24, 2.45) is 40.4 Å². The van der Waals surface area contributed by atoms with Crippen LogP contribution in [0, 0.1) is 40.4 Å². The van der Waals surface area contributed by atoms with Crippen LogP contribution >= 0.6 is 0 Å². The van der Waals surface area contributed by atoms with Crippen LogP contribution in [0.4, 0.5) is 5.69 Å². The van der Waals surface area contributed by atoms with Gasteiger partial charge in [0.25, 0.3) is 0 Å². The molecule has 0 radical (unpaired) electrons. The van der Waals surface area contributed by atoms with E-state index in [1.807, 2.05) is 0 Å². The van der Waals surface area contributed by atoms with Crippen LogP contribution in [0.1, 0.15) is 56.3 Å². The average molecular weight is 683 g/mol. The molecule has 7 fully saturated rings. The van der Waals surface area contributed by atoms with Gasteiger partial charge in [-0.05, 0) is 43.9 Å². The van der Waals surface area contributed by atoms with E-state index in [0.717, 1.165) is 11.3 Å². The van der Waals surface area contributed by atoms with E-state index in [1.165, 1.54) is 0 Å². The molecule has 1 aromatic carbocycles. The van der Waals surface area contributed by atoms with Crippen molar-refractivity contribution in [3.05, 3.63) is 29.8 Å². The van der Waals surface area contributed by atoms with Gasteiger partial charge in [0.15, 0.2) is 0 Å². The van der Waals surface area contributed by atoms with Crippen LogP contribution in [0.2, 0.25) is 0 Å². The minimum Gasteiger partial charge on any atom is -0.461 e. The maximum Gasteiger partial charge on any atom is 0.340 e. The Morgan fingerprint density at radius 3 is 2.43 bits per heavy atom. The highest BCUT2D eigenvalue weighted by Crippen LogP contribution is 2.80. The minimum absolute atomic E-state index is 0.0358. The van der Waals surface area contributed by atoms with Crippen molar-refractivity contribution in [3.8, 4) is 0 Å². The summed E-state index contributed by atoms with van der Waals surface area (Å²) in [6, 6.07) is 6.12. The van der Waals surface area contributed by atoms with Gasteiger partial charge in [0, 0.05) is 82.3 Å². The fourth-order valence-corrected chi connectivity index (χ4v) is 13.2. The lowest BCUT2D eigenvalue weighted by molar-refractivity contribution is -0.320. The average Bonchev–Trinajstić information content (AvgIpc) is 3.63. The number of likely N-dealkylation sites (tertiary alicyclic amines) is 1. The van der Waals surface area contributed by atoms with E-state index in [-0.39, 0.29) is 84.5 Å². The molecule has 1 aromatic rings. The molecule has 7 bridgehead atoms. The Morgan fingerprint density at radius 1 is 1.04 bits per heavy atom. The molecule has 2 heterocycles. The molecule has 0 aromatic heterocycles. The van der Waals surface area contributed by atoms with E-state index in [2.05, 4.69) is 11.8 Å². The Morgan fingerprint density at radius 2 is 1.80 bits per heavy atom. The predicted octanol–water partition coefficient (Wildman–Crippen LogP) is 2.04. The van der Waals surface area contributed by atoms with Crippen LogP contribution in [0.3, 0.4) is 0 Å². The fraction of sp³-hybridized carbons (Fsp3) is 0.757. The summed E-state index contributed by atoms with van der Waals surface area (Å²) in [5.41, 5.74) is -4.17. The smallest absolute Gasteiger partial charge is 0.340 e. The Bertz CT molecular complexity index is 1560. The topological polar surface area (TPSA) is 144 Å². The number of para-hydroxylation sites is 1. The van der Waals surface area contributed by atoms with Crippen molar-refractivity contribution >= 4 is 23.5 Å². The zero-order valence-corrected chi connectivity index (χ0v) is 29.3. The molecule has 1 spiro atoms. The number of ether oxygens (including phenoxy) is 5. The van der Waals surface area contributed by atoms with Crippen LogP contribution in [0.5, 0.6) is 0 Å². The first kappa shape index (κ1) is 33.7. The second kappa shape index (κ2) is 11.3. The number of carbonyl (C=O) groups excluding carboxylic acids is 3. The third-order valence-electron chi connectivity index (χ3n) is 14.5. The second-order valence-corrected chi connectivity index (χ2v) is 16.0. The number of esters is 1. The van der Waals surface area contributed by atoms with Crippen LogP contribution < -0.4 is 4.90 Å². The zero-order valence-electron chi connectivity index (χ0n) is 29.3. The minimum atomic E-state index is -1.70. The standard InChI is InChI=1S/C37H50N2O10/c1-7-38-17-34(18-49-32(42)20-10-8-9-11-23(20)39-26(40)14-19(2)31(39)41)13-12-25(46-4)36-22-15-21-24(45-3)16-35(43,27(22)28(21)47-5)37(44,33(36)38)30(48-6)29(34)36/h8-11,19,21-22,24-25,27-30,33,43-44H,7,12-18H2,1-6H3/t19?,21-,22+,24-,25?,27+,28?,29+,30-,33+,34-,35+,36?,37-/m0/s1. The summed E-state index contributed by atoms with van der Waals surface area (Å²) >= 11 is 0. The van der Waals surface area contributed by atoms with E-state index in [9.17, 15) is 24.6 Å². The normalized spacial score (nSPS) is 48.0. The van der Waals surface area contributed by atoms with Crippen LogP contribution in [-0.2, 0) is 33.3 Å². The number of amides is 2. The number of methoxy groups -OCH3 is 4. The molecule has 12 nitrogen and oxygen atoms in total. The number of piperidine rings is 1. The molecular weight excluding hydrogens is 632 g/mol.